The number of H-pyrrole nitrogens is 1. The Kier molecular flexibility index (Phi) is 5.21. The zero-order valence-corrected chi connectivity index (χ0v) is 15.8. The number of ether oxygens (including phenoxy) is 1. The molecule has 2 aromatic carbocycles. The average molecular weight is 463 g/mol. The summed E-state index contributed by atoms with van der Waals surface area (Å²) in [6.07, 6.45) is 1.24. The molecule has 2 N–H and O–H groups in total. The molecular weight excluding hydrogens is 449 g/mol. The molecule has 0 atom stereocenters. The van der Waals surface area contributed by atoms with Crippen molar-refractivity contribution in [3.8, 4) is 17.3 Å². The summed E-state index contributed by atoms with van der Waals surface area (Å²) in [7, 11) is 1.53. The molecule has 7 nitrogen and oxygen atoms in total. The quantitative estimate of drug-likeness (QED) is 0.460. The van der Waals surface area contributed by atoms with Crippen LogP contribution in [0, 0.1) is 3.57 Å². The topological polar surface area (TPSA) is 96.7 Å². The molecule has 0 saturated carbocycles. The van der Waals surface area contributed by atoms with Crippen LogP contribution in [0.4, 0.5) is 5.69 Å². The molecule has 0 saturated heterocycles. The Morgan fingerprint density at radius 3 is 2.50 bits per heavy atom. The minimum absolute atomic E-state index is 0.111. The van der Waals surface area contributed by atoms with Crippen LogP contribution in [0.5, 0.6) is 11.6 Å². The summed E-state index contributed by atoms with van der Waals surface area (Å²) >= 11 is 2.12. The van der Waals surface area contributed by atoms with Gasteiger partial charge in [-0.15, -0.1) is 0 Å². The summed E-state index contributed by atoms with van der Waals surface area (Å²) in [5.41, 5.74) is -0.543. The van der Waals surface area contributed by atoms with E-state index in [-0.39, 0.29) is 5.56 Å². The van der Waals surface area contributed by atoms with Gasteiger partial charge in [-0.25, -0.2) is 9.36 Å². The number of aromatic hydroxyl groups is 1. The molecule has 0 fully saturated rings. The van der Waals surface area contributed by atoms with E-state index in [9.17, 15) is 14.7 Å². The van der Waals surface area contributed by atoms with E-state index < -0.39 is 17.1 Å². The number of aromatic amines is 1. The predicted octanol–water partition coefficient (Wildman–Crippen LogP) is 2.60. The van der Waals surface area contributed by atoms with Crippen LogP contribution in [-0.2, 0) is 0 Å². The van der Waals surface area contributed by atoms with E-state index in [1.807, 2.05) is 18.2 Å². The van der Waals surface area contributed by atoms with Gasteiger partial charge in [0.05, 0.1) is 18.5 Å². The van der Waals surface area contributed by atoms with Crippen molar-refractivity contribution in [3.63, 3.8) is 0 Å². The normalized spacial score (nSPS) is 11.0. The lowest BCUT2D eigenvalue weighted by Crippen LogP contribution is -2.31. The number of nitrogens with zero attached hydrogens (tertiary/aromatic N) is 2. The minimum atomic E-state index is -0.746. The summed E-state index contributed by atoms with van der Waals surface area (Å²) in [4.78, 5) is 30.7. The molecule has 1 heterocycles. The summed E-state index contributed by atoms with van der Waals surface area (Å²) in [5.74, 6) is 0.116. The fraction of sp³-hybridized carbons (Fsp3) is 0.0556. The summed E-state index contributed by atoms with van der Waals surface area (Å²) in [6, 6.07) is 13.8. The van der Waals surface area contributed by atoms with Crippen LogP contribution < -0.4 is 16.0 Å². The first-order valence-electron chi connectivity index (χ1n) is 7.52. The molecule has 8 heteroatoms. The summed E-state index contributed by atoms with van der Waals surface area (Å²) < 4.78 is 6.97. The molecule has 0 aliphatic rings. The second kappa shape index (κ2) is 7.56. The fourth-order valence-corrected chi connectivity index (χ4v) is 2.84. The van der Waals surface area contributed by atoms with E-state index >= 15 is 0 Å². The lowest BCUT2D eigenvalue weighted by atomic mass is 10.2. The molecule has 0 spiro atoms. The van der Waals surface area contributed by atoms with Crippen LogP contribution in [-0.4, -0.2) is 28.0 Å². The molecule has 0 aliphatic carbocycles. The van der Waals surface area contributed by atoms with E-state index in [0.717, 1.165) is 8.14 Å². The lowest BCUT2D eigenvalue weighted by molar-refractivity contribution is 0.414. The van der Waals surface area contributed by atoms with Crippen molar-refractivity contribution >= 4 is 34.5 Å². The third kappa shape index (κ3) is 3.54. The van der Waals surface area contributed by atoms with Gasteiger partial charge in [0, 0.05) is 9.78 Å². The number of hydrogen-bond donors (Lipinski definition) is 2. The van der Waals surface area contributed by atoms with Crippen molar-refractivity contribution in [3.05, 3.63) is 78.5 Å². The van der Waals surface area contributed by atoms with Gasteiger partial charge < -0.3 is 9.84 Å². The maximum Gasteiger partial charge on any atom is 0.335 e. The number of para-hydroxylation sites is 1. The van der Waals surface area contributed by atoms with E-state index in [4.69, 9.17) is 4.74 Å². The van der Waals surface area contributed by atoms with Gasteiger partial charge in [-0.1, -0.05) is 12.1 Å². The number of halogens is 1. The highest BCUT2D eigenvalue weighted by Gasteiger charge is 2.14. The van der Waals surface area contributed by atoms with Gasteiger partial charge in [-0.2, -0.15) is 0 Å². The molecule has 132 valence electrons. The van der Waals surface area contributed by atoms with Gasteiger partial charge in [0.2, 0.25) is 5.88 Å². The van der Waals surface area contributed by atoms with Crippen LogP contribution in [0.1, 0.15) is 5.56 Å². The largest absolute Gasteiger partial charge is 0.497 e. The van der Waals surface area contributed by atoms with Crippen LogP contribution >= 0.6 is 22.6 Å². The van der Waals surface area contributed by atoms with E-state index in [0.29, 0.717) is 17.1 Å². The Balaban J connectivity index is 2.11. The average Bonchev–Trinajstić information content (AvgIpc) is 2.63. The monoisotopic (exact) mass is 463 g/mol. The van der Waals surface area contributed by atoms with Crippen molar-refractivity contribution in [2.75, 3.05) is 7.11 Å². The molecule has 0 bridgehead atoms. The molecule has 0 radical (unpaired) electrons. The molecule has 0 unspecified atom stereocenters. The molecular formula is C18H14IN3O4. The first-order valence-corrected chi connectivity index (χ1v) is 8.60. The second-order valence-electron chi connectivity index (χ2n) is 5.24. The summed E-state index contributed by atoms with van der Waals surface area (Å²) in [5, 5.41) is 10.5. The van der Waals surface area contributed by atoms with Gasteiger partial charge in [-0.3, -0.25) is 14.8 Å². The van der Waals surface area contributed by atoms with Gasteiger partial charge >= 0.3 is 5.69 Å². The molecule has 3 rings (SSSR count). The van der Waals surface area contributed by atoms with E-state index in [2.05, 4.69) is 32.6 Å². The number of rotatable bonds is 4. The standard InChI is InChI=1S/C18H14IN3O4/c1-26-12-8-6-11(7-9-12)22-17(24)13(16(23)21-18(22)25)10-20-15-5-3-2-4-14(15)19/h2-10,24H,1H3,(H,21,23,25). The molecule has 3 aromatic rings. The van der Waals surface area contributed by atoms with Gasteiger partial charge in [0.1, 0.15) is 11.3 Å². The molecule has 1 aromatic heterocycles. The zero-order chi connectivity index (χ0) is 18.7. The smallest absolute Gasteiger partial charge is 0.335 e. The molecule has 26 heavy (non-hydrogen) atoms. The third-order valence-electron chi connectivity index (χ3n) is 3.64. The van der Waals surface area contributed by atoms with E-state index in [1.165, 1.54) is 13.3 Å². The SMILES string of the molecule is COc1ccc(-n2c(O)c(C=Nc3ccccc3I)c(=O)[nH]c2=O)cc1. The highest BCUT2D eigenvalue weighted by molar-refractivity contribution is 14.1. The number of aromatic nitrogens is 2. The first kappa shape index (κ1) is 17.9. The Morgan fingerprint density at radius 2 is 1.85 bits per heavy atom. The number of methoxy groups -OCH3 is 1. The first-order chi connectivity index (χ1) is 12.5. The van der Waals surface area contributed by atoms with Crippen LogP contribution in [0.2, 0.25) is 0 Å². The Hall–Kier alpha value is -2.88. The van der Waals surface area contributed by atoms with Crippen molar-refractivity contribution in [1.29, 1.82) is 0 Å². The Morgan fingerprint density at radius 1 is 1.15 bits per heavy atom. The Labute approximate surface area is 161 Å². The van der Waals surface area contributed by atoms with Crippen LogP contribution in [0.25, 0.3) is 5.69 Å². The second-order valence-corrected chi connectivity index (χ2v) is 6.40. The lowest BCUT2D eigenvalue weighted by Gasteiger charge is -2.10. The number of aliphatic imine (C=N–C) groups is 1. The van der Waals surface area contributed by atoms with Gasteiger partial charge in [-0.05, 0) is 59.0 Å². The molecule has 0 amide bonds. The van der Waals surface area contributed by atoms with E-state index in [1.54, 1.807) is 30.3 Å². The highest BCUT2D eigenvalue weighted by Crippen LogP contribution is 2.22. The van der Waals surface area contributed by atoms with Crippen molar-refractivity contribution in [2.24, 2.45) is 4.99 Å². The third-order valence-corrected chi connectivity index (χ3v) is 4.55. The van der Waals surface area contributed by atoms with Gasteiger partial charge in [0.15, 0.2) is 0 Å². The number of hydrogen-bond acceptors (Lipinski definition) is 5. The van der Waals surface area contributed by atoms with Gasteiger partial charge in [0.25, 0.3) is 5.56 Å². The Bertz CT molecular complexity index is 1080. The van der Waals surface area contributed by atoms with Crippen molar-refractivity contribution in [2.45, 2.75) is 0 Å². The fourth-order valence-electron chi connectivity index (χ4n) is 2.32. The highest BCUT2D eigenvalue weighted by atomic mass is 127. The maximum absolute atomic E-state index is 12.2. The van der Waals surface area contributed by atoms with Crippen LogP contribution in [0.15, 0.2) is 63.1 Å². The molecule has 0 aliphatic heterocycles. The summed E-state index contributed by atoms with van der Waals surface area (Å²) in [6.45, 7) is 0. The minimum Gasteiger partial charge on any atom is -0.497 e. The number of benzene rings is 2. The van der Waals surface area contributed by atoms with Crippen LogP contribution in [0.3, 0.4) is 0 Å². The maximum atomic E-state index is 12.2. The van der Waals surface area contributed by atoms with Crippen molar-refractivity contribution < 1.29 is 9.84 Å². The number of nitrogens with one attached hydrogen (secondary N) is 1. The van der Waals surface area contributed by atoms with Crippen molar-refractivity contribution in [1.82, 2.24) is 9.55 Å². The predicted molar refractivity (Wildman–Crippen MR) is 107 cm³/mol. The zero-order valence-electron chi connectivity index (χ0n) is 13.6.